The molecule has 1 aromatic carbocycles. The first kappa shape index (κ1) is 24.8. The first-order chi connectivity index (χ1) is 17.0. The number of aromatic amines is 1. The Labute approximate surface area is 215 Å². The Hall–Kier alpha value is -2.87. The van der Waals surface area contributed by atoms with Crippen LogP contribution in [0.4, 0.5) is 0 Å². The Morgan fingerprint density at radius 2 is 2.06 bits per heavy atom. The third-order valence-electron chi connectivity index (χ3n) is 8.56. The van der Waals surface area contributed by atoms with Crippen molar-refractivity contribution in [1.82, 2.24) is 20.5 Å². The van der Waals surface area contributed by atoms with Crippen LogP contribution in [0, 0.1) is 23.2 Å². The molecule has 1 aliphatic carbocycles. The highest BCUT2D eigenvalue weighted by Crippen LogP contribution is 2.65. The Morgan fingerprint density at radius 3 is 2.69 bits per heavy atom. The molecule has 8 nitrogen and oxygen atoms in total. The van der Waals surface area contributed by atoms with Gasteiger partial charge in [-0.05, 0) is 53.7 Å². The number of hydrogen-bond donors (Lipinski definition) is 3. The van der Waals surface area contributed by atoms with Gasteiger partial charge in [0, 0.05) is 24.4 Å². The highest BCUT2D eigenvalue weighted by atomic mass is 35.5. The Morgan fingerprint density at radius 1 is 1.31 bits per heavy atom. The number of piperidine rings is 1. The monoisotopic (exact) mass is 512 g/mol. The van der Waals surface area contributed by atoms with Crippen LogP contribution in [0.25, 0.3) is 10.9 Å². The molecule has 0 spiro atoms. The minimum Gasteiger partial charge on any atom is -0.356 e. The maximum atomic E-state index is 13.7. The molecule has 0 unspecified atom stereocenters. The van der Waals surface area contributed by atoms with E-state index < -0.39 is 12.1 Å². The zero-order valence-corrected chi connectivity index (χ0v) is 21.8. The van der Waals surface area contributed by atoms with E-state index in [1.807, 2.05) is 18.2 Å². The van der Waals surface area contributed by atoms with Crippen molar-refractivity contribution in [3.63, 3.8) is 0 Å². The van der Waals surface area contributed by atoms with E-state index >= 15 is 0 Å². The van der Waals surface area contributed by atoms with Gasteiger partial charge < -0.3 is 25.3 Å². The maximum Gasteiger partial charge on any atom is 0.271 e. The smallest absolute Gasteiger partial charge is 0.271 e. The zero-order valence-electron chi connectivity index (χ0n) is 21.1. The van der Waals surface area contributed by atoms with Gasteiger partial charge in [-0.2, -0.15) is 0 Å². The van der Waals surface area contributed by atoms with Gasteiger partial charge >= 0.3 is 0 Å². The number of rotatable bonds is 7. The predicted molar refractivity (Wildman–Crippen MR) is 137 cm³/mol. The number of carbonyl (C=O) groups excluding carboxylic acids is 4. The van der Waals surface area contributed by atoms with Gasteiger partial charge in [0.15, 0.2) is 0 Å². The van der Waals surface area contributed by atoms with Gasteiger partial charge in [-0.15, -0.1) is 0 Å². The van der Waals surface area contributed by atoms with Gasteiger partial charge in [0.1, 0.15) is 18.0 Å². The second-order valence-electron chi connectivity index (χ2n) is 11.4. The van der Waals surface area contributed by atoms with Crippen molar-refractivity contribution >= 4 is 46.5 Å². The summed E-state index contributed by atoms with van der Waals surface area (Å²) in [7, 11) is 0. The fraction of sp³-hybridized carbons (Fsp3) is 0.556. The number of halogens is 1. The summed E-state index contributed by atoms with van der Waals surface area (Å²) >= 11 is 6.43. The lowest BCUT2D eigenvalue weighted by Crippen LogP contribution is -2.52. The molecule has 5 rings (SSSR count). The van der Waals surface area contributed by atoms with E-state index in [0.717, 1.165) is 10.9 Å². The number of fused-ring (bicyclic) bond motifs is 2. The molecule has 36 heavy (non-hydrogen) atoms. The molecule has 3 N–H and O–H groups in total. The molecule has 3 heterocycles. The lowest BCUT2D eigenvalue weighted by Gasteiger charge is -2.30. The van der Waals surface area contributed by atoms with Crippen LogP contribution in [0.15, 0.2) is 18.2 Å². The van der Waals surface area contributed by atoms with Crippen LogP contribution in [0.2, 0.25) is 5.02 Å². The normalized spacial score (nSPS) is 27.2. The van der Waals surface area contributed by atoms with Crippen molar-refractivity contribution < 1.29 is 19.2 Å². The lowest BCUT2D eigenvalue weighted by atomic mass is 9.97. The summed E-state index contributed by atoms with van der Waals surface area (Å²) in [6.45, 7) is 9.47. The quantitative estimate of drug-likeness (QED) is 0.494. The fourth-order valence-electron chi connectivity index (χ4n) is 6.37. The zero-order chi connectivity index (χ0) is 25.9. The van der Waals surface area contributed by atoms with Crippen molar-refractivity contribution in [3.8, 4) is 0 Å². The summed E-state index contributed by atoms with van der Waals surface area (Å²) < 4.78 is 0. The molecule has 9 heteroatoms. The number of benzene rings is 1. The molecule has 5 atom stereocenters. The molecule has 1 saturated carbocycles. The van der Waals surface area contributed by atoms with Crippen molar-refractivity contribution in [3.05, 3.63) is 34.5 Å². The van der Waals surface area contributed by atoms with E-state index in [9.17, 15) is 19.2 Å². The van der Waals surface area contributed by atoms with Crippen molar-refractivity contribution in [2.24, 2.45) is 23.2 Å². The molecule has 3 fully saturated rings. The maximum absolute atomic E-state index is 13.7. The van der Waals surface area contributed by atoms with Gasteiger partial charge in [0.2, 0.25) is 11.8 Å². The average molecular weight is 513 g/mol. The van der Waals surface area contributed by atoms with Gasteiger partial charge in [-0.25, -0.2) is 0 Å². The standard InChI is InChI=1S/C27H33ClN4O4/c1-13(2)16-5-6-19(28)22-17(16)10-20(31-22)26(36)32-11-18-21(27(18,3)4)23(32)25(35)30-15(12-33)9-14-7-8-29-24(14)34/h5-6,10,12-15,18,21,23,31H,7-9,11H2,1-4H3,(H,29,34)(H,30,35)/t14-,15-,18-,21-,23-/m0/s1. The third kappa shape index (κ3) is 3.99. The average Bonchev–Trinajstić information content (AvgIpc) is 3.35. The van der Waals surface area contributed by atoms with Crippen LogP contribution in [-0.2, 0) is 14.4 Å². The first-order valence-electron chi connectivity index (χ1n) is 12.7. The molecule has 3 amide bonds. The number of amides is 3. The van der Waals surface area contributed by atoms with Gasteiger partial charge in [-0.3, -0.25) is 14.4 Å². The number of H-pyrrole nitrogens is 1. The van der Waals surface area contributed by atoms with E-state index in [-0.39, 0.29) is 53.2 Å². The molecular weight excluding hydrogens is 480 g/mol. The number of likely N-dealkylation sites (tertiary alicyclic amines) is 1. The van der Waals surface area contributed by atoms with Crippen LogP contribution in [-0.4, -0.2) is 59.1 Å². The molecule has 0 radical (unpaired) electrons. The topological polar surface area (TPSA) is 111 Å². The SMILES string of the molecule is CC(C)c1ccc(Cl)c2[nH]c(C(=O)N3C[C@H]4[C@@H]([C@H]3C(=O)N[C@H](C=O)C[C@@H]3CCNC3=O)C4(C)C)cc12. The minimum atomic E-state index is -0.773. The summed E-state index contributed by atoms with van der Waals surface area (Å²) in [6.07, 6.45) is 1.59. The van der Waals surface area contributed by atoms with Crippen molar-refractivity contribution in [1.29, 1.82) is 0 Å². The molecule has 2 aliphatic heterocycles. The molecule has 3 aliphatic rings. The summed E-state index contributed by atoms with van der Waals surface area (Å²) in [5, 5.41) is 7.04. The van der Waals surface area contributed by atoms with Crippen molar-refractivity contribution in [2.45, 2.75) is 58.5 Å². The fourth-order valence-corrected chi connectivity index (χ4v) is 6.58. The Kier molecular flexibility index (Phi) is 6.14. The van der Waals surface area contributed by atoms with Crippen LogP contribution >= 0.6 is 11.6 Å². The molecule has 1 aromatic heterocycles. The van der Waals surface area contributed by atoms with E-state index in [1.165, 1.54) is 0 Å². The molecule has 2 saturated heterocycles. The molecular formula is C27H33ClN4O4. The van der Waals surface area contributed by atoms with E-state index in [0.29, 0.717) is 42.0 Å². The molecule has 192 valence electrons. The van der Waals surface area contributed by atoms with Crippen LogP contribution in [0.5, 0.6) is 0 Å². The Bertz CT molecular complexity index is 1250. The lowest BCUT2D eigenvalue weighted by molar-refractivity contribution is -0.129. The van der Waals surface area contributed by atoms with Crippen LogP contribution in [0.1, 0.15) is 62.5 Å². The second-order valence-corrected chi connectivity index (χ2v) is 11.8. The summed E-state index contributed by atoms with van der Waals surface area (Å²) in [4.78, 5) is 55.8. The first-order valence-corrected chi connectivity index (χ1v) is 13.1. The van der Waals surface area contributed by atoms with E-state index in [1.54, 1.807) is 4.90 Å². The highest BCUT2D eigenvalue weighted by Gasteiger charge is 2.69. The van der Waals surface area contributed by atoms with E-state index in [4.69, 9.17) is 11.6 Å². The van der Waals surface area contributed by atoms with Gasteiger partial charge in [-0.1, -0.05) is 45.4 Å². The van der Waals surface area contributed by atoms with Crippen molar-refractivity contribution in [2.75, 3.05) is 13.1 Å². The number of hydrogen-bond acceptors (Lipinski definition) is 4. The third-order valence-corrected chi connectivity index (χ3v) is 8.88. The molecule has 0 bridgehead atoms. The highest BCUT2D eigenvalue weighted by molar-refractivity contribution is 6.35. The summed E-state index contributed by atoms with van der Waals surface area (Å²) in [5.74, 6) is -0.487. The molecule has 2 aromatic rings. The van der Waals surface area contributed by atoms with Crippen LogP contribution < -0.4 is 10.6 Å². The number of carbonyl (C=O) groups is 4. The number of nitrogens with zero attached hydrogens (tertiary/aromatic N) is 1. The van der Waals surface area contributed by atoms with Gasteiger partial charge in [0.05, 0.1) is 16.6 Å². The number of aldehydes is 1. The van der Waals surface area contributed by atoms with Crippen LogP contribution in [0.3, 0.4) is 0 Å². The summed E-state index contributed by atoms with van der Waals surface area (Å²) in [6, 6.07) is 4.19. The number of aromatic nitrogens is 1. The predicted octanol–water partition coefficient (Wildman–Crippen LogP) is 3.25. The Balaban J connectivity index is 1.40. The summed E-state index contributed by atoms with van der Waals surface area (Å²) in [5.41, 5.74) is 2.14. The number of nitrogens with one attached hydrogen (secondary N) is 3. The van der Waals surface area contributed by atoms with E-state index in [2.05, 4.69) is 43.3 Å². The minimum absolute atomic E-state index is 0.0164. The largest absolute Gasteiger partial charge is 0.356 e. The van der Waals surface area contributed by atoms with Gasteiger partial charge in [0.25, 0.3) is 5.91 Å². The second kappa shape index (κ2) is 8.91.